The van der Waals surface area contributed by atoms with Crippen molar-refractivity contribution in [2.45, 2.75) is 26.8 Å². The average Bonchev–Trinajstić information content (AvgIpc) is 3.23. The van der Waals surface area contributed by atoms with Crippen LogP contribution in [0.4, 0.5) is 5.69 Å². The first-order valence-corrected chi connectivity index (χ1v) is 9.20. The van der Waals surface area contributed by atoms with Crippen molar-refractivity contribution in [1.82, 2.24) is 24.7 Å². The van der Waals surface area contributed by atoms with Gasteiger partial charge in [-0.3, -0.25) is 4.68 Å². The van der Waals surface area contributed by atoms with Crippen LogP contribution in [0, 0.1) is 6.92 Å². The molecule has 3 heterocycles. The van der Waals surface area contributed by atoms with Gasteiger partial charge in [-0.05, 0) is 32.9 Å². The average molecular weight is 378 g/mol. The number of para-hydroxylation sites is 2. The zero-order valence-electron chi connectivity index (χ0n) is 16.3. The molecule has 4 rings (SSSR count). The third-order valence-electron chi connectivity index (χ3n) is 4.70. The van der Waals surface area contributed by atoms with Crippen molar-refractivity contribution in [1.29, 1.82) is 0 Å². The molecular formula is C20H22N6O2. The van der Waals surface area contributed by atoms with Gasteiger partial charge in [-0.1, -0.05) is 12.1 Å². The number of hydrogen-bond donors (Lipinski definition) is 2. The van der Waals surface area contributed by atoms with Crippen molar-refractivity contribution in [2.75, 3.05) is 11.9 Å². The summed E-state index contributed by atoms with van der Waals surface area (Å²) in [6, 6.07) is 7.69. The molecule has 1 unspecified atom stereocenters. The fourth-order valence-corrected chi connectivity index (χ4v) is 3.39. The number of aromatic amines is 1. The molecule has 0 amide bonds. The highest BCUT2D eigenvalue weighted by molar-refractivity contribution is 6.05. The number of ether oxygens (including phenoxy) is 1. The number of fused-ring (bicyclic) bond motifs is 2. The minimum atomic E-state index is -0.417. The van der Waals surface area contributed by atoms with Gasteiger partial charge in [0.25, 0.3) is 0 Å². The molecule has 8 heteroatoms. The lowest BCUT2D eigenvalue weighted by molar-refractivity contribution is 0.0527. The van der Waals surface area contributed by atoms with Gasteiger partial charge in [-0.2, -0.15) is 5.10 Å². The summed E-state index contributed by atoms with van der Waals surface area (Å²) >= 11 is 0. The largest absolute Gasteiger partial charge is 0.462 e. The molecule has 0 fully saturated rings. The van der Waals surface area contributed by atoms with E-state index in [4.69, 9.17) is 4.74 Å². The molecule has 28 heavy (non-hydrogen) atoms. The van der Waals surface area contributed by atoms with E-state index in [1.807, 2.05) is 45.2 Å². The third-order valence-corrected chi connectivity index (χ3v) is 4.70. The molecule has 0 saturated heterocycles. The van der Waals surface area contributed by atoms with Crippen LogP contribution in [0.15, 0.2) is 30.5 Å². The molecule has 0 aliphatic rings. The van der Waals surface area contributed by atoms with Crippen molar-refractivity contribution in [3.05, 3.63) is 47.5 Å². The highest BCUT2D eigenvalue weighted by Gasteiger charge is 2.23. The fourth-order valence-electron chi connectivity index (χ4n) is 3.39. The van der Waals surface area contributed by atoms with Crippen LogP contribution in [0.3, 0.4) is 0 Å². The summed E-state index contributed by atoms with van der Waals surface area (Å²) in [4.78, 5) is 24.9. The molecule has 0 saturated carbocycles. The summed E-state index contributed by atoms with van der Waals surface area (Å²) in [5.74, 6) is 0.363. The molecule has 2 N–H and O–H groups in total. The summed E-state index contributed by atoms with van der Waals surface area (Å²) in [6.45, 7) is 5.96. The quantitative estimate of drug-likeness (QED) is 0.516. The van der Waals surface area contributed by atoms with Crippen molar-refractivity contribution in [2.24, 2.45) is 7.05 Å². The Kier molecular flexibility index (Phi) is 4.46. The minimum Gasteiger partial charge on any atom is -0.462 e. The first-order valence-electron chi connectivity index (χ1n) is 9.20. The van der Waals surface area contributed by atoms with Gasteiger partial charge in [0.1, 0.15) is 11.4 Å². The van der Waals surface area contributed by atoms with Gasteiger partial charge in [-0.25, -0.2) is 14.8 Å². The van der Waals surface area contributed by atoms with Gasteiger partial charge >= 0.3 is 5.97 Å². The SMILES string of the molecule is CCOC(=O)c1cnc2c(c(C)nn2C)c1NC(C)c1nc2ccccc2[nH]1. The number of anilines is 1. The molecule has 3 aromatic heterocycles. The second-order valence-electron chi connectivity index (χ2n) is 6.68. The van der Waals surface area contributed by atoms with Crippen LogP contribution in [0.2, 0.25) is 0 Å². The maximum absolute atomic E-state index is 12.5. The number of benzene rings is 1. The van der Waals surface area contributed by atoms with Gasteiger partial charge < -0.3 is 15.0 Å². The predicted octanol–water partition coefficient (Wildman–Crippen LogP) is 3.50. The predicted molar refractivity (Wildman–Crippen MR) is 107 cm³/mol. The molecule has 0 bridgehead atoms. The first-order chi connectivity index (χ1) is 13.5. The van der Waals surface area contributed by atoms with E-state index in [0.717, 1.165) is 27.9 Å². The standard InChI is InChI=1S/C20H22N6O2/c1-5-28-20(27)13-10-21-19-16(11(2)25-26(19)4)17(13)22-12(3)18-23-14-8-6-7-9-15(14)24-18/h6-10,12H,5H2,1-4H3,(H,21,22)(H,23,24). The highest BCUT2D eigenvalue weighted by atomic mass is 16.5. The highest BCUT2D eigenvalue weighted by Crippen LogP contribution is 2.32. The van der Waals surface area contributed by atoms with E-state index in [1.54, 1.807) is 11.6 Å². The van der Waals surface area contributed by atoms with Gasteiger partial charge in [-0.15, -0.1) is 0 Å². The van der Waals surface area contributed by atoms with Crippen LogP contribution in [0.25, 0.3) is 22.1 Å². The number of pyridine rings is 1. The normalized spacial score (nSPS) is 12.4. The van der Waals surface area contributed by atoms with Crippen molar-refractivity contribution < 1.29 is 9.53 Å². The number of carbonyl (C=O) groups excluding carboxylic acids is 1. The molecule has 8 nitrogen and oxygen atoms in total. The van der Waals surface area contributed by atoms with Crippen molar-refractivity contribution in [3.8, 4) is 0 Å². The number of aryl methyl sites for hydroxylation is 2. The second kappa shape index (κ2) is 6.95. The van der Waals surface area contributed by atoms with Gasteiger partial charge in [0, 0.05) is 13.2 Å². The summed E-state index contributed by atoms with van der Waals surface area (Å²) in [7, 11) is 1.83. The monoisotopic (exact) mass is 378 g/mol. The molecule has 1 aromatic carbocycles. The van der Waals surface area contributed by atoms with E-state index in [1.165, 1.54) is 6.20 Å². The zero-order valence-corrected chi connectivity index (χ0v) is 16.3. The van der Waals surface area contributed by atoms with Gasteiger partial charge in [0.2, 0.25) is 0 Å². The van der Waals surface area contributed by atoms with E-state index < -0.39 is 5.97 Å². The van der Waals surface area contributed by atoms with Crippen LogP contribution in [0.1, 0.15) is 41.8 Å². The van der Waals surface area contributed by atoms with Crippen LogP contribution >= 0.6 is 0 Å². The molecule has 0 aliphatic carbocycles. The van der Waals surface area contributed by atoms with E-state index >= 15 is 0 Å². The minimum absolute atomic E-state index is 0.175. The smallest absolute Gasteiger partial charge is 0.341 e. The lowest BCUT2D eigenvalue weighted by atomic mass is 10.1. The van der Waals surface area contributed by atoms with E-state index in [-0.39, 0.29) is 6.04 Å². The Morgan fingerprint density at radius 1 is 1.36 bits per heavy atom. The topological polar surface area (TPSA) is 97.7 Å². The molecule has 144 valence electrons. The lowest BCUT2D eigenvalue weighted by Crippen LogP contribution is -2.14. The Hall–Kier alpha value is -3.42. The number of hydrogen-bond acceptors (Lipinski definition) is 6. The molecule has 0 spiro atoms. The molecule has 1 atom stereocenters. The second-order valence-corrected chi connectivity index (χ2v) is 6.68. The van der Waals surface area contributed by atoms with E-state index in [9.17, 15) is 4.79 Å². The van der Waals surface area contributed by atoms with Gasteiger partial charge in [0.05, 0.1) is 40.4 Å². The van der Waals surface area contributed by atoms with E-state index in [0.29, 0.717) is 23.5 Å². The van der Waals surface area contributed by atoms with Crippen LogP contribution < -0.4 is 5.32 Å². The number of carbonyl (C=O) groups is 1. The number of esters is 1. The Morgan fingerprint density at radius 3 is 2.89 bits per heavy atom. The Morgan fingerprint density at radius 2 is 2.14 bits per heavy atom. The summed E-state index contributed by atoms with van der Waals surface area (Å²) < 4.78 is 6.93. The van der Waals surface area contributed by atoms with Crippen LogP contribution in [-0.2, 0) is 11.8 Å². The van der Waals surface area contributed by atoms with Crippen molar-refractivity contribution in [3.63, 3.8) is 0 Å². The summed E-state index contributed by atoms with van der Waals surface area (Å²) in [5, 5.41) is 8.69. The number of nitrogens with one attached hydrogen (secondary N) is 2. The number of H-pyrrole nitrogens is 1. The molecular weight excluding hydrogens is 356 g/mol. The van der Waals surface area contributed by atoms with E-state index in [2.05, 4.69) is 25.4 Å². The van der Waals surface area contributed by atoms with Crippen LogP contribution in [0.5, 0.6) is 0 Å². The number of rotatable bonds is 5. The van der Waals surface area contributed by atoms with Crippen molar-refractivity contribution >= 4 is 33.7 Å². The maximum Gasteiger partial charge on any atom is 0.341 e. The number of imidazole rings is 1. The Balaban J connectivity index is 1.81. The fraction of sp³-hybridized carbons (Fsp3) is 0.300. The van der Waals surface area contributed by atoms with Gasteiger partial charge in [0.15, 0.2) is 5.65 Å². The number of nitrogens with zero attached hydrogens (tertiary/aromatic N) is 4. The lowest BCUT2D eigenvalue weighted by Gasteiger charge is -2.17. The summed E-state index contributed by atoms with van der Waals surface area (Å²) in [6.07, 6.45) is 1.54. The first kappa shape index (κ1) is 18.0. The molecule has 4 aromatic rings. The van der Waals surface area contributed by atoms with Crippen LogP contribution in [-0.4, -0.2) is 37.3 Å². The third kappa shape index (κ3) is 2.96. The molecule has 0 radical (unpaired) electrons. The Labute approximate surface area is 161 Å². The Bertz CT molecular complexity index is 1140. The zero-order chi connectivity index (χ0) is 19.8. The summed E-state index contributed by atoms with van der Waals surface area (Å²) in [5.41, 5.74) is 4.39. The number of aromatic nitrogens is 5. The maximum atomic E-state index is 12.5. The molecule has 0 aliphatic heterocycles.